The number of hydrogen-bond acceptors (Lipinski definition) is 3. The molecule has 0 bridgehead atoms. The molecule has 1 saturated carbocycles. The Morgan fingerprint density at radius 1 is 0.921 bits per heavy atom. The van der Waals surface area contributed by atoms with E-state index in [-0.39, 0.29) is 23.7 Å². The smallest absolute Gasteiger partial charge is 0.306 e. The fourth-order valence-electron chi connectivity index (χ4n) is 6.27. The van der Waals surface area contributed by atoms with Crippen LogP contribution in [0.1, 0.15) is 73.0 Å². The van der Waals surface area contributed by atoms with Crippen molar-refractivity contribution in [3.63, 3.8) is 0 Å². The quantitative estimate of drug-likeness (QED) is 0.433. The van der Waals surface area contributed by atoms with Gasteiger partial charge in [-0.25, -0.2) is 0 Å². The maximum Gasteiger partial charge on any atom is 0.306 e. The van der Waals surface area contributed by atoms with Crippen LogP contribution in [0.5, 0.6) is 0 Å². The Bertz CT molecular complexity index is 1330. The molecule has 1 aliphatic carbocycles. The van der Waals surface area contributed by atoms with Crippen LogP contribution in [0, 0.1) is 18.8 Å². The number of fused-ring (bicyclic) bond motifs is 1. The molecule has 7 heteroatoms. The Hall–Kier alpha value is -3.61. The number of amides is 2. The highest BCUT2D eigenvalue weighted by Gasteiger charge is 2.33. The molecule has 1 aromatic heterocycles. The zero-order valence-electron chi connectivity index (χ0n) is 22.3. The molecule has 0 unspecified atom stereocenters. The van der Waals surface area contributed by atoms with Crippen molar-refractivity contribution in [1.82, 2.24) is 9.47 Å². The number of piperidine rings is 1. The first kappa shape index (κ1) is 26.0. The summed E-state index contributed by atoms with van der Waals surface area (Å²) in [5, 5.41) is 13.4. The fourth-order valence-corrected chi connectivity index (χ4v) is 6.27. The van der Waals surface area contributed by atoms with Crippen molar-refractivity contribution in [2.24, 2.45) is 11.8 Å². The first-order valence-corrected chi connectivity index (χ1v) is 13.9. The zero-order chi connectivity index (χ0) is 26.8. The first-order chi connectivity index (χ1) is 18.4. The van der Waals surface area contributed by atoms with Gasteiger partial charge in [0.05, 0.1) is 5.92 Å². The Balaban J connectivity index is 1.17. The normalized spacial score (nSPS) is 20.4. The summed E-state index contributed by atoms with van der Waals surface area (Å²) in [6.45, 7) is 6.31. The number of carbonyl (C=O) groups is 3. The monoisotopic (exact) mass is 515 g/mol. The van der Waals surface area contributed by atoms with Gasteiger partial charge < -0.3 is 19.9 Å². The Morgan fingerprint density at radius 2 is 1.58 bits per heavy atom. The number of hydrogen-bond donors (Lipinski definition) is 2. The lowest BCUT2D eigenvalue weighted by atomic mass is 9.81. The van der Waals surface area contributed by atoms with E-state index in [1.165, 1.54) is 5.56 Å². The second-order valence-corrected chi connectivity index (χ2v) is 10.8. The zero-order valence-corrected chi connectivity index (χ0v) is 22.3. The van der Waals surface area contributed by atoms with Gasteiger partial charge in [0.1, 0.15) is 5.69 Å². The average molecular weight is 516 g/mol. The molecule has 2 aromatic carbocycles. The molecule has 1 aliphatic heterocycles. The van der Waals surface area contributed by atoms with Crippen molar-refractivity contribution in [3.05, 3.63) is 65.4 Å². The van der Waals surface area contributed by atoms with Crippen LogP contribution in [0.4, 0.5) is 5.69 Å². The molecular formula is C31H37N3O4. The number of carbonyl (C=O) groups excluding carboxylic acids is 2. The van der Waals surface area contributed by atoms with Crippen LogP contribution in [0.3, 0.4) is 0 Å². The van der Waals surface area contributed by atoms with E-state index in [4.69, 9.17) is 0 Å². The van der Waals surface area contributed by atoms with Gasteiger partial charge in [0.25, 0.3) is 5.91 Å². The van der Waals surface area contributed by atoms with E-state index in [0.717, 1.165) is 54.6 Å². The summed E-state index contributed by atoms with van der Waals surface area (Å²) in [5.41, 5.74) is 4.90. The van der Waals surface area contributed by atoms with Crippen LogP contribution >= 0.6 is 0 Å². The molecule has 200 valence electrons. The second kappa shape index (κ2) is 11.0. The van der Waals surface area contributed by atoms with E-state index in [2.05, 4.69) is 48.0 Å². The number of carboxylic acids is 1. The standard InChI is InChI=1S/C31H37N3O4/c1-3-34-27-6-4-5-20(2)26(27)19-28(34)29(35)32-25-13-11-21(12-14-25)22-15-17-33(18-16-22)30(36)23-7-9-24(10-8-23)31(37)38/h4-6,11-14,19,22-24H,3,7-10,15-18H2,1-2H3,(H,32,35)(H,37,38)/t23-,24-. The summed E-state index contributed by atoms with van der Waals surface area (Å²) in [4.78, 5) is 39.3. The molecule has 0 spiro atoms. The first-order valence-electron chi connectivity index (χ1n) is 13.9. The number of carboxylic acid groups (broad SMARTS) is 1. The molecule has 2 heterocycles. The lowest BCUT2D eigenvalue weighted by molar-refractivity contribution is -0.146. The molecule has 0 atom stereocenters. The number of benzene rings is 2. The molecule has 2 amide bonds. The summed E-state index contributed by atoms with van der Waals surface area (Å²) >= 11 is 0. The molecule has 7 nitrogen and oxygen atoms in total. The lowest BCUT2D eigenvalue weighted by Crippen LogP contribution is -2.42. The van der Waals surface area contributed by atoms with Crippen LogP contribution in [-0.4, -0.2) is 45.4 Å². The SMILES string of the molecule is CCn1c(C(=O)Nc2ccc(C3CCN(C(=O)[C@H]4CC[C@H](C(=O)O)CC4)CC3)cc2)cc2c(C)cccc21. The minimum Gasteiger partial charge on any atom is -0.481 e. The Labute approximate surface area is 223 Å². The van der Waals surface area contributed by atoms with Crippen molar-refractivity contribution in [1.29, 1.82) is 0 Å². The van der Waals surface area contributed by atoms with Gasteiger partial charge in [-0.1, -0.05) is 24.3 Å². The predicted octanol–water partition coefficient (Wildman–Crippen LogP) is 5.82. The second-order valence-electron chi connectivity index (χ2n) is 10.8. The fraction of sp³-hybridized carbons (Fsp3) is 0.452. The van der Waals surface area contributed by atoms with E-state index < -0.39 is 5.97 Å². The molecule has 5 rings (SSSR count). The summed E-state index contributed by atoms with van der Waals surface area (Å²) in [6.07, 6.45) is 4.40. The highest BCUT2D eigenvalue weighted by atomic mass is 16.4. The maximum absolute atomic E-state index is 13.1. The number of aryl methyl sites for hydroxylation is 2. The minimum absolute atomic E-state index is 0.0274. The van der Waals surface area contributed by atoms with E-state index in [1.54, 1.807) is 0 Å². The van der Waals surface area contributed by atoms with E-state index in [0.29, 0.717) is 37.3 Å². The van der Waals surface area contributed by atoms with Crippen molar-refractivity contribution < 1.29 is 19.5 Å². The Kier molecular flexibility index (Phi) is 7.54. The molecule has 2 N–H and O–H groups in total. The number of aromatic nitrogens is 1. The van der Waals surface area contributed by atoms with E-state index in [9.17, 15) is 19.5 Å². The molecule has 2 fully saturated rings. The number of nitrogens with zero attached hydrogens (tertiary/aromatic N) is 2. The topological polar surface area (TPSA) is 91.6 Å². The van der Waals surface area contributed by atoms with Crippen LogP contribution in [0.25, 0.3) is 10.9 Å². The van der Waals surface area contributed by atoms with Gasteiger partial charge in [0.2, 0.25) is 5.91 Å². The number of nitrogens with one attached hydrogen (secondary N) is 1. The number of aliphatic carboxylic acids is 1. The van der Waals surface area contributed by atoms with Crippen LogP contribution in [0.2, 0.25) is 0 Å². The highest BCUT2D eigenvalue weighted by molar-refractivity contribution is 6.06. The Morgan fingerprint density at radius 3 is 2.21 bits per heavy atom. The van der Waals surface area contributed by atoms with Gasteiger partial charge in [0, 0.05) is 42.1 Å². The van der Waals surface area contributed by atoms with Crippen molar-refractivity contribution in [2.45, 2.75) is 64.8 Å². The molecule has 38 heavy (non-hydrogen) atoms. The predicted molar refractivity (Wildman–Crippen MR) is 148 cm³/mol. The van der Waals surface area contributed by atoms with Gasteiger partial charge in [-0.05, 0) is 93.7 Å². The summed E-state index contributed by atoms with van der Waals surface area (Å²) in [6, 6.07) is 16.2. The summed E-state index contributed by atoms with van der Waals surface area (Å²) in [5.74, 6) is -0.582. The van der Waals surface area contributed by atoms with Crippen LogP contribution in [0.15, 0.2) is 48.5 Å². The molecule has 2 aliphatic rings. The summed E-state index contributed by atoms with van der Waals surface area (Å²) < 4.78 is 2.05. The van der Waals surface area contributed by atoms with Gasteiger partial charge >= 0.3 is 5.97 Å². The maximum atomic E-state index is 13.1. The van der Waals surface area contributed by atoms with Crippen LogP contribution in [-0.2, 0) is 16.1 Å². The van der Waals surface area contributed by atoms with Gasteiger partial charge in [-0.15, -0.1) is 0 Å². The largest absolute Gasteiger partial charge is 0.481 e. The van der Waals surface area contributed by atoms with Gasteiger partial charge in [0.15, 0.2) is 0 Å². The highest BCUT2D eigenvalue weighted by Crippen LogP contribution is 2.34. The van der Waals surface area contributed by atoms with Crippen LogP contribution < -0.4 is 5.32 Å². The minimum atomic E-state index is -0.735. The van der Waals surface area contributed by atoms with E-state index in [1.807, 2.05) is 29.2 Å². The third-order valence-electron chi connectivity index (χ3n) is 8.58. The molecule has 0 radical (unpaired) electrons. The number of anilines is 1. The van der Waals surface area contributed by atoms with Crippen molar-refractivity contribution in [2.75, 3.05) is 18.4 Å². The lowest BCUT2D eigenvalue weighted by Gasteiger charge is -2.36. The van der Waals surface area contributed by atoms with Gasteiger partial charge in [-0.2, -0.15) is 0 Å². The van der Waals surface area contributed by atoms with Gasteiger partial charge in [-0.3, -0.25) is 14.4 Å². The average Bonchev–Trinajstić information content (AvgIpc) is 3.33. The molecular weight excluding hydrogens is 478 g/mol. The third-order valence-corrected chi connectivity index (χ3v) is 8.58. The van der Waals surface area contributed by atoms with Crippen molar-refractivity contribution >= 4 is 34.4 Å². The van der Waals surface area contributed by atoms with E-state index >= 15 is 0 Å². The molecule has 3 aromatic rings. The molecule has 1 saturated heterocycles. The third kappa shape index (κ3) is 5.19. The summed E-state index contributed by atoms with van der Waals surface area (Å²) in [7, 11) is 0. The number of likely N-dealkylation sites (tertiary alicyclic amines) is 1. The van der Waals surface area contributed by atoms with Crippen molar-refractivity contribution in [3.8, 4) is 0 Å². The number of rotatable bonds is 6.